The largest absolute Gasteiger partial charge is 0.0786 e. The van der Waals surface area contributed by atoms with Gasteiger partial charge in [0.25, 0.3) is 0 Å². The third-order valence-electron chi connectivity index (χ3n) is 2.39. The summed E-state index contributed by atoms with van der Waals surface area (Å²) >= 11 is 13.1. The summed E-state index contributed by atoms with van der Waals surface area (Å²) in [4.78, 5) is 0.222. The van der Waals surface area contributed by atoms with Gasteiger partial charge in [0, 0.05) is 12.5 Å². The second-order valence-corrected chi connectivity index (χ2v) is 7.49. The lowest BCUT2D eigenvalue weighted by atomic mass is 10.1. The van der Waals surface area contributed by atoms with Crippen LogP contribution in [0, 0.1) is 3.57 Å². The molecule has 1 atom stereocenters. The molecule has 4 heteroatoms. The molecule has 0 radical (unpaired) electrons. The van der Waals surface area contributed by atoms with Crippen LogP contribution in [-0.4, -0.2) is 0 Å². The Hall–Kier alpha value is 0.610. The van der Waals surface area contributed by atoms with E-state index in [0.29, 0.717) is 0 Å². The molecule has 0 bridgehead atoms. The fourth-order valence-electron chi connectivity index (χ4n) is 1.52. The average molecular weight is 531 g/mol. The molecule has 1 unspecified atom stereocenters. The Morgan fingerprint density at radius 1 is 0.882 bits per heavy atom. The lowest BCUT2D eigenvalue weighted by molar-refractivity contribution is 1.16. The van der Waals surface area contributed by atoms with Crippen molar-refractivity contribution in [2.24, 2.45) is 0 Å². The van der Waals surface area contributed by atoms with E-state index in [-0.39, 0.29) is 4.83 Å². The molecule has 0 fully saturated rings. The molecule has 0 heterocycles. The standard InChI is InChI=1S/C13H8Br3I/c14-9-3-1-8(2-4-9)13(16)11-7-10(15)5-6-12(11)17/h1-7,13H. The summed E-state index contributed by atoms with van der Waals surface area (Å²) in [6.07, 6.45) is 0. The molecule has 0 saturated heterocycles. The zero-order chi connectivity index (χ0) is 12.4. The zero-order valence-corrected chi connectivity index (χ0v) is 15.5. The van der Waals surface area contributed by atoms with Gasteiger partial charge in [0.1, 0.15) is 0 Å². The highest BCUT2D eigenvalue weighted by Crippen LogP contribution is 2.35. The maximum absolute atomic E-state index is 3.76. The van der Waals surface area contributed by atoms with Crippen LogP contribution in [0.1, 0.15) is 16.0 Å². The zero-order valence-electron chi connectivity index (χ0n) is 8.63. The first kappa shape index (κ1) is 14.0. The van der Waals surface area contributed by atoms with Crippen LogP contribution in [0.2, 0.25) is 0 Å². The summed E-state index contributed by atoms with van der Waals surface area (Å²) in [6.45, 7) is 0. The monoisotopic (exact) mass is 528 g/mol. The second kappa shape index (κ2) is 6.17. The molecule has 0 spiro atoms. The molecule has 88 valence electrons. The summed E-state index contributed by atoms with van der Waals surface area (Å²) in [5.41, 5.74) is 2.53. The number of hydrogen-bond acceptors (Lipinski definition) is 0. The van der Waals surface area contributed by atoms with Crippen LogP contribution in [0.3, 0.4) is 0 Å². The van der Waals surface area contributed by atoms with Gasteiger partial charge in [-0.1, -0.05) is 59.9 Å². The van der Waals surface area contributed by atoms with Crippen LogP contribution in [0.15, 0.2) is 51.4 Å². The van der Waals surface area contributed by atoms with E-state index in [1.807, 2.05) is 0 Å². The summed E-state index contributed by atoms with van der Waals surface area (Å²) in [7, 11) is 0. The minimum atomic E-state index is 0.222. The third kappa shape index (κ3) is 3.55. The highest BCUT2D eigenvalue weighted by atomic mass is 127. The van der Waals surface area contributed by atoms with Gasteiger partial charge in [0.05, 0.1) is 4.83 Å². The highest BCUT2D eigenvalue weighted by Gasteiger charge is 2.13. The summed E-state index contributed by atoms with van der Waals surface area (Å²) in [5.74, 6) is 0. The van der Waals surface area contributed by atoms with Gasteiger partial charge >= 0.3 is 0 Å². The van der Waals surface area contributed by atoms with Crippen LogP contribution < -0.4 is 0 Å². The van der Waals surface area contributed by atoms with Crippen molar-refractivity contribution in [2.75, 3.05) is 0 Å². The van der Waals surface area contributed by atoms with Crippen LogP contribution in [0.4, 0.5) is 0 Å². The molecular weight excluding hydrogens is 523 g/mol. The quantitative estimate of drug-likeness (QED) is 0.316. The fourth-order valence-corrected chi connectivity index (χ4v) is 3.92. The Morgan fingerprint density at radius 3 is 2.12 bits per heavy atom. The summed E-state index contributed by atoms with van der Waals surface area (Å²) in [5, 5.41) is 0. The van der Waals surface area contributed by atoms with Crippen molar-refractivity contribution in [3.8, 4) is 0 Å². The van der Waals surface area contributed by atoms with E-state index in [1.54, 1.807) is 0 Å². The summed E-state index contributed by atoms with van der Waals surface area (Å²) < 4.78 is 3.47. The molecule has 2 aromatic carbocycles. The van der Waals surface area contributed by atoms with Crippen molar-refractivity contribution in [3.05, 3.63) is 66.1 Å². The molecule has 2 aromatic rings. The van der Waals surface area contributed by atoms with E-state index in [4.69, 9.17) is 0 Å². The van der Waals surface area contributed by atoms with Crippen molar-refractivity contribution in [1.29, 1.82) is 0 Å². The van der Waals surface area contributed by atoms with Crippen molar-refractivity contribution in [3.63, 3.8) is 0 Å². The van der Waals surface area contributed by atoms with Gasteiger partial charge in [-0.2, -0.15) is 0 Å². The smallest absolute Gasteiger partial charge is 0.0655 e. The minimum Gasteiger partial charge on any atom is -0.0786 e. The van der Waals surface area contributed by atoms with E-state index >= 15 is 0 Å². The first-order valence-electron chi connectivity index (χ1n) is 4.92. The predicted molar refractivity (Wildman–Crippen MR) is 91.8 cm³/mol. The number of hydrogen-bond donors (Lipinski definition) is 0. The molecule has 17 heavy (non-hydrogen) atoms. The van der Waals surface area contributed by atoms with Crippen LogP contribution in [-0.2, 0) is 0 Å². The van der Waals surface area contributed by atoms with Gasteiger partial charge in [-0.3, -0.25) is 0 Å². The Bertz CT molecular complexity index is 523. The van der Waals surface area contributed by atoms with E-state index in [2.05, 4.69) is 113 Å². The molecule has 0 amide bonds. The Balaban J connectivity index is 2.39. The molecule has 0 aliphatic carbocycles. The van der Waals surface area contributed by atoms with Gasteiger partial charge in [0.2, 0.25) is 0 Å². The second-order valence-electron chi connectivity index (χ2n) is 3.58. The van der Waals surface area contributed by atoms with Crippen molar-refractivity contribution in [1.82, 2.24) is 0 Å². The van der Waals surface area contributed by atoms with E-state index in [1.165, 1.54) is 14.7 Å². The Morgan fingerprint density at radius 2 is 1.47 bits per heavy atom. The fraction of sp³-hybridized carbons (Fsp3) is 0.0769. The van der Waals surface area contributed by atoms with Crippen LogP contribution in [0.5, 0.6) is 0 Å². The normalized spacial score (nSPS) is 12.5. The Labute approximate surface area is 140 Å². The third-order valence-corrected chi connectivity index (χ3v) is 5.42. The predicted octanol–water partition coefficient (Wildman–Crippen LogP) is 6.30. The number of benzene rings is 2. The summed E-state index contributed by atoms with van der Waals surface area (Å²) in [6, 6.07) is 14.7. The minimum absolute atomic E-state index is 0.222. The SMILES string of the molecule is Brc1ccc(C(Br)c2cc(Br)ccc2I)cc1. The molecule has 0 aliphatic rings. The number of rotatable bonds is 2. The van der Waals surface area contributed by atoms with Gasteiger partial charge in [0.15, 0.2) is 0 Å². The maximum atomic E-state index is 3.76. The van der Waals surface area contributed by atoms with Crippen molar-refractivity contribution in [2.45, 2.75) is 4.83 Å². The molecule has 0 N–H and O–H groups in total. The molecule has 0 aromatic heterocycles. The number of halogens is 4. The van der Waals surface area contributed by atoms with Crippen molar-refractivity contribution >= 4 is 70.4 Å². The molecular formula is C13H8Br3I. The molecule has 0 nitrogen and oxygen atoms in total. The van der Waals surface area contributed by atoms with E-state index in [9.17, 15) is 0 Å². The van der Waals surface area contributed by atoms with E-state index in [0.717, 1.165) is 8.95 Å². The lowest BCUT2D eigenvalue weighted by Gasteiger charge is -2.13. The van der Waals surface area contributed by atoms with Gasteiger partial charge < -0.3 is 0 Å². The van der Waals surface area contributed by atoms with E-state index < -0.39 is 0 Å². The van der Waals surface area contributed by atoms with Crippen LogP contribution >= 0.6 is 70.4 Å². The molecule has 2 rings (SSSR count). The maximum Gasteiger partial charge on any atom is 0.0655 e. The first-order chi connectivity index (χ1) is 8.08. The molecule has 0 saturated carbocycles. The van der Waals surface area contributed by atoms with Crippen LogP contribution in [0.25, 0.3) is 0 Å². The van der Waals surface area contributed by atoms with Gasteiger partial charge in [-0.25, -0.2) is 0 Å². The molecule has 0 aliphatic heterocycles. The lowest BCUT2D eigenvalue weighted by Crippen LogP contribution is -1.95. The topological polar surface area (TPSA) is 0 Å². The number of alkyl halides is 1. The highest BCUT2D eigenvalue weighted by molar-refractivity contribution is 14.1. The Kier molecular flexibility index (Phi) is 5.09. The van der Waals surface area contributed by atoms with Gasteiger partial charge in [-0.15, -0.1) is 0 Å². The van der Waals surface area contributed by atoms with Gasteiger partial charge in [-0.05, 0) is 64.0 Å². The van der Waals surface area contributed by atoms with Crippen molar-refractivity contribution < 1.29 is 0 Å². The first-order valence-corrected chi connectivity index (χ1v) is 8.50. The average Bonchev–Trinajstić information content (AvgIpc) is 2.32.